The van der Waals surface area contributed by atoms with Gasteiger partial charge in [0.15, 0.2) is 5.82 Å². The van der Waals surface area contributed by atoms with Crippen LogP contribution in [0.4, 0.5) is 10.3 Å². The lowest BCUT2D eigenvalue weighted by Gasteiger charge is -2.05. The molecule has 0 saturated carbocycles. The minimum absolute atomic E-state index is 0.0513. The fourth-order valence-electron chi connectivity index (χ4n) is 1.39. The summed E-state index contributed by atoms with van der Waals surface area (Å²) in [4.78, 5) is 11.9. The highest BCUT2D eigenvalue weighted by Gasteiger charge is 2.08. The van der Waals surface area contributed by atoms with Gasteiger partial charge in [0.1, 0.15) is 5.82 Å². The highest BCUT2D eigenvalue weighted by atomic mass is 19.1. The maximum atomic E-state index is 13.1. The topological polar surface area (TPSA) is 73.9 Å². The fraction of sp³-hybridized carbons (Fsp3) is 0.250. The second-order valence-electron chi connectivity index (χ2n) is 3.66. The molecule has 94 valence electrons. The van der Waals surface area contributed by atoms with E-state index in [9.17, 15) is 4.39 Å². The molecule has 0 amide bonds. The van der Waals surface area contributed by atoms with Gasteiger partial charge in [-0.05, 0) is 18.6 Å². The van der Waals surface area contributed by atoms with Crippen molar-refractivity contribution in [3.8, 4) is 17.4 Å². The monoisotopic (exact) mass is 248 g/mol. The van der Waals surface area contributed by atoms with Crippen molar-refractivity contribution in [3.05, 3.63) is 30.1 Å². The molecule has 0 unspecified atom stereocenters. The SMILES string of the molecule is CCCOc1nc(N)nc(-c2cccc(F)c2)n1. The molecule has 0 aliphatic rings. The first-order chi connectivity index (χ1) is 8.69. The number of anilines is 1. The van der Waals surface area contributed by atoms with Gasteiger partial charge in [-0.25, -0.2) is 4.39 Å². The van der Waals surface area contributed by atoms with Crippen LogP contribution >= 0.6 is 0 Å². The van der Waals surface area contributed by atoms with Crippen LogP contribution in [0.5, 0.6) is 6.01 Å². The molecule has 2 N–H and O–H groups in total. The van der Waals surface area contributed by atoms with E-state index in [1.165, 1.54) is 12.1 Å². The fourth-order valence-corrected chi connectivity index (χ4v) is 1.39. The minimum atomic E-state index is -0.359. The zero-order chi connectivity index (χ0) is 13.0. The van der Waals surface area contributed by atoms with Crippen LogP contribution in [0, 0.1) is 5.82 Å². The first-order valence-corrected chi connectivity index (χ1v) is 5.59. The molecule has 6 heteroatoms. The Balaban J connectivity index is 2.35. The molecule has 1 heterocycles. The Kier molecular flexibility index (Phi) is 3.66. The minimum Gasteiger partial charge on any atom is -0.463 e. The Morgan fingerprint density at radius 1 is 1.28 bits per heavy atom. The Bertz CT molecular complexity index is 547. The first kappa shape index (κ1) is 12.2. The van der Waals surface area contributed by atoms with E-state index in [2.05, 4.69) is 15.0 Å². The number of hydrogen-bond acceptors (Lipinski definition) is 5. The predicted octanol–water partition coefficient (Wildman–Crippen LogP) is 2.05. The zero-order valence-electron chi connectivity index (χ0n) is 9.93. The average molecular weight is 248 g/mol. The van der Waals surface area contributed by atoms with Crippen molar-refractivity contribution >= 4 is 5.95 Å². The van der Waals surface area contributed by atoms with Gasteiger partial charge >= 0.3 is 6.01 Å². The lowest BCUT2D eigenvalue weighted by Crippen LogP contribution is -2.05. The van der Waals surface area contributed by atoms with Crippen LogP contribution in [0.1, 0.15) is 13.3 Å². The summed E-state index contributed by atoms with van der Waals surface area (Å²) in [6.45, 7) is 2.46. The summed E-state index contributed by atoms with van der Waals surface area (Å²) in [5.74, 6) is -0.00835. The molecule has 2 aromatic rings. The van der Waals surface area contributed by atoms with Crippen molar-refractivity contribution in [1.82, 2.24) is 15.0 Å². The number of benzene rings is 1. The van der Waals surface area contributed by atoms with Crippen molar-refractivity contribution in [1.29, 1.82) is 0 Å². The number of halogens is 1. The van der Waals surface area contributed by atoms with E-state index in [1.807, 2.05) is 6.92 Å². The van der Waals surface area contributed by atoms with Crippen molar-refractivity contribution in [3.63, 3.8) is 0 Å². The van der Waals surface area contributed by atoms with Gasteiger partial charge in [-0.3, -0.25) is 0 Å². The second-order valence-corrected chi connectivity index (χ2v) is 3.66. The number of aromatic nitrogens is 3. The smallest absolute Gasteiger partial charge is 0.321 e. The first-order valence-electron chi connectivity index (χ1n) is 5.59. The quantitative estimate of drug-likeness (QED) is 0.896. The summed E-state index contributed by atoms with van der Waals surface area (Å²) in [6, 6.07) is 6.11. The summed E-state index contributed by atoms with van der Waals surface area (Å²) in [5.41, 5.74) is 6.10. The standard InChI is InChI=1S/C12H13FN4O/c1-2-6-18-12-16-10(15-11(14)17-12)8-4-3-5-9(13)7-8/h3-5,7H,2,6H2,1H3,(H2,14,15,16,17). The number of nitrogens with two attached hydrogens (primary N) is 1. The third kappa shape index (κ3) is 2.91. The third-order valence-corrected chi connectivity index (χ3v) is 2.15. The molecule has 0 spiro atoms. The number of hydrogen-bond donors (Lipinski definition) is 1. The summed E-state index contributed by atoms with van der Waals surface area (Å²) in [5, 5.41) is 0. The number of rotatable bonds is 4. The molecular formula is C12H13FN4O. The van der Waals surface area contributed by atoms with Gasteiger partial charge < -0.3 is 10.5 Å². The summed E-state index contributed by atoms with van der Waals surface area (Å²) < 4.78 is 18.4. The predicted molar refractivity (Wildman–Crippen MR) is 65.4 cm³/mol. The Morgan fingerprint density at radius 2 is 2.11 bits per heavy atom. The maximum absolute atomic E-state index is 13.1. The van der Waals surface area contributed by atoms with Crippen molar-refractivity contribution in [2.45, 2.75) is 13.3 Å². The van der Waals surface area contributed by atoms with E-state index in [0.29, 0.717) is 18.0 Å². The van der Waals surface area contributed by atoms with Gasteiger partial charge in [0.05, 0.1) is 6.61 Å². The molecule has 18 heavy (non-hydrogen) atoms. The summed E-state index contributed by atoms with van der Waals surface area (Å²) >= 11 is 0. The van der Waals surface area contributed by atoms with Crippen LogP contribution in [-0.2, 0) is 0 Å². The van der Waals surface area contributed by atoms with Crippen molar-refractivity contribution < 1.29 is 9.13 Å². The second kappa shape index (κ2) is 5.39. The van der Waals surface area contributed by atoms with E-state index >= 15 is 0 Å². The number of nitrogens with zero attached hydrogens (tertiary/aromatic N) is 3. The molecular weight excluding hydrogens is 235 g/mol. The lowest BCUT2D eigenvalue weighted by molar-refractivity contribution is 0.292. The molecule has 5 nitrogen and oxygen atoms in total. The zero-order valence-corrected chi connectivity index (χ0v) is 9.93. The van der Waals surface area contributed by atoms with Crippen molar-refractivity contribution in [2.75, 3.05) is 12.3 Å². The van der Waals surface area contributed by atoms with E-state index in [1.54, 1.807) is 12.1 Å². The Labute approximate surface area is 104 Å². The van der Waals surface area contributed by atoms with Gasteiger partial charge in [0, 0.05) is 5.56 Å². The number of ether oxygens (including phenoxy) is 1. The molecule has 0 fully saturated rings. The van der Waals surface area contributed by atoms with Gasteiger partial charge in [-0.2, -0.15) is 15.0 Å². The van der Waals surface area contributed by atoms with Crippen LogP contribution in [0.25, 0.3) is 11.4 Å². The Morgan fingerprint density at radius 3 is 2.83 bits per heavy atom. The summed E-state index contributed by atoms with van der Waals surface area (Å²) in [6.07, 6.45) is 0.834. The van der Waals surface area contributed by atoms with Crippen LogP contribution in [0.15, 0.2) is 24.3 Å². The largest absolute Gasteiger partial charge is 0.463 e. The van der Waals surface area contributed by atoms with Crippen LogP contribution < -0.4 is 10.5 Å². The molecule has 1 aromatic heterocycles. The van der Waals surface area contributed by atoms with E-state index in [4.69, 9.17) is 10.5 Å². The van der Waals surface area contributed by atoms with E-state index in [-0.39, 0.29) is 17.8 Å². The van der Waals surface area contributed by atoms with E-state index in [0.717, 1.165) is 6.42 Å². The molecule has 0 saturated heterocycles. The molecule has 2 rings (SSSR count). The Hall–Kier alpha value is -2.24. The molecule has 0 bridgehead atoms. The van der Waals surface area contributed by atoms with Crippen LogP contribution in [-0.4, -0.2) is 21.6 Å². The molecule has 1 aromatic carbocycles. The third-order valence-electron chi connectivity index (χ3n) is 2.15. The normalized spacial score (nSPS) is 10.3. The van der Waals surface area contributed by atoms with E-state index < -0.39 is 0 Å². The van der Waals surface area contributed by atoms with Gasteiger partial charge in [0.2, 0.25) is 5.95 Å². The molecule has 0 aliphatic heterocycles. The van der Waals surface area contributed by atoms with Crippen LogP contribution in [0.2, 0.25) is 0 Å². The lowest BCUT2D eigenvalue weighted by atomic mass is 10.2. The van der Waals surface area contributed by atoms with Crippen LogP contribution in [0.3, 0.4) is 0 Å². The number of nitrogen functional groups attached to an aromatic ring is 1. The maximum Gasteiger partial charge on any atom is 0.321 e. The summed E-state index contributed by atoms with van der Waals surface area (Å²) in [7, 11) is 0. The van der Waals surface area contributed by atoms with Gasteiger partial charge in [-0.1, -0.05) is 19.1 Å². The van der Waals surface area contributed by atoms with Crippen molar-refractivity contribution in [2.24, 2.45) is 0 Å². The highest BCUT2D eigenvalue weighted by molar-refractivity contribution is 5.56. The highest BCUT2D eigenvalue weighted by Crippen LogP contribution is 2.18. The molecule has 0 atom stereocenters. The van der Waals surface area contributed by atoms with Gasteiger partial charge in [0.25, 0.3) is 0 Å². The van der Waals surface area contributed by atoms with Gasteiger partial charge in [-0.15, -0.1) is 0 Å². The average Bonchev–Trinajstić information content (AvgIpc) is 2.36. The molecule has 0 aliphatic carbocycles. The molecule has 0 radical (unpaired) electrons.